The van der Waals surface area contributed by atoms with Gasteiger partial charge in [-0.15, -0.1) is 0 Å². The SMILES string of the molecule is O=C1O/C(=C/CBr)CC1C/C=C/c1ccccc1. The van der Waals surface area contributed by atoms with Crippen LogP contribution in [0.4, 0.5) is 0 Å². The van der Waals surface area contributed by atoms with Gasteiger partial charge in [0.05, 0.1) is 5.92 Å². The first-order chi connectivity index (χ1) is 8.79. The number of carbonyl (C=O) groups excluding carboxylic acids is 1. The van der Waals surface area contributed by atoms with E-state index in [1.54, 1.807) is 0 Å². The van der Waals surface area contributed by atoms with Crippen molar-refractivity contribution in [1.82, 2.24) is 0 Å². The van der Waals surface area contributed by atoms with Crippen LogP contribution < -0.4 is 0 Å². The molecular formula is C15H15BrO2. The van der Waals surface area contributed by atoms with Crippen LogP contribution in [-0.2, 0) is 9.53 Å². The largest absolute Gasteiger partial charge is 0.431 e. The summed E-state index contributed by atoms with van der Waals surface area (Å²) in [5, 5.41) is 0.724. The van der Waals surface area contributed by atoms with Crippen LogP contribution >= 0.6 is 15.9 Å². The van der Waals surface area contributed by atoms with Crippen molar-refractivity contribution >= 4 is 28.0 Å². The number of hydrogen-bond donors (Lipinski definition) is 0. The first kappa shape index (κ1) is 13.1. The minimum absolute atomic E-state index is 0.0322. The highest BCUT2D eigenvalue weighted by Crippen LogP contribution is 2.27. The fraction of sp³-hybridized carbons (Fsp3) is 0.267. The van der Waals surface area contributed by atoms with Crippen LogP contribution in [0.5, 0.6) is 0 Å². The number of hydrogen-bond acceptors (Lipinski definition) is 2. The predicted molar refractivity (Wildman–Crippen MR) is 76.2 cm³/mol. The van der Waals surface area contributed by atoms with E-state index in [9.17, 15) is 4.79 Å². The second kappa shape index (κ2) is 6.55. The lowest BCUT2D eigenvalue weighted by Crippen LogP contribution is -2.05. The molecule has 1 aliphatic heterocycles. The van der Waals surface area contributed by atoms with E-state index in [2.05, 4.69) is 15.9 Å². The summed E-state index contributed by atoms with van der Waals surface area (Å²) in [5.41, 5.74) is 1.15. The number of benzene rings is 1. The summed E-state index contributed by atoms with van der Waals surface area (Å²) in [6, 6.07) is 10.1. The maximum absolute atomic E-state index is 11.6. The van der Waals surface area contributed by atoms with Crippen molar-refractivity contribution in [1.29, 1.82) is 0 Å². The summed E-state index contributed by atoms with van der Waals surface area (Å²) in [4.78, 5) is 11.6. The Morgan fingerprint density at radius 3 is 2.83 bits per heavy atom. The number of rotatable bonds is 4. The van der Waals surface area contributed by atoms with E-state index >= 15 is 0 Å². The second-order valence-electron chi connectivity index (χ2n) is 4.20. The third kappa shape index (κ3) is 3.57. The molecule has 1 aliphatic rings. The second-order valence-corrected chi connectivity index (χ2v) is 4.84. The van der Waals surface area contributed by atoms with Gasteiger partial charge >= 0.3 is 5.97 Å². The van der Waals surface area contributed by atoms with Crippen molar-refractivity contribution in [2.45, 2.75) is 12.8 Å². The van der Waals surface area contributed by atoms with Gasteiger partial charge in [0.25, 0.3) is 0 Å². The maximum Gasteiger partial charge on any atom is 0.314 e. The van der Waals surface area contributed by atoms with Crippen LogP contribution in [0, 0.1) is 5.92 Å². The molecule has 0 aliphatic carbocycles. The molecule has 18 heavy (non-hydrogen) atoms. The average Bonchev–Trinajstić information content (AvgIpc) is 2.72. The highest BCUT2D eigenvalue weighted by molar-refractivity contribution is 9.09. The average molecular weight is 307 g/mol. The van der Waals surface area contributed by atoms with Crippen molar-refractivity contribution in [3.63, 3.8) is 0 Å². The van der Waals surface area contributed by atoms with Crippen LogP contribution in [0.2, 0.25) is 0 Å². The third-order valence-corrected chi connectivity index (χ3v) is 3.17. The first-order valence-electron chi connectivity index (χ1n) is 5.98. The van der Waals surface area contributed by atoms with Gasteiger partial charge in [-0.3, -0.25) is 4.79 Å². The molecule has 1 saturated heterocycles. The number of halogens is 1. The van der Waals surface area contributed by atoms with E-state index in [-0.39, 0.29) is 11.9 Å². The van der Waals surface area contributed by atoms with E-state index in [1.165, 1.54) is 0 Å². The molecule has 1 atom stereocenters. The molecule has 94 valence electrons. The standard InChI is InChI=1S/C15H15BrO2/c16-10-9-14-11-13(15(17)18-14)8-4-7-12-5-2-1-3-6-12/h1-7,9,13H,8,10-11H2/b7-4+,14-9+. The fourth-order valence-electron chi connectivity index (χ4n) is 1.90. The minimum Gasteiger partial charge on any atom is -0.431 e. The Morgan fingerprint density at radius 2 is 2.11 bits per heavy atom. The molecule has 0 amide bonds. The Hall–Kier alpha value is -1.35. The molecule has 0 radical (unpaired) electrons. The summed E-state index contributed by atoms with van der Waals surface area (Å²) in [6.07, 6.45) is 7.42. The van der Waals surface area contributed by atoms with Crippen LogP contribution in [0.15, 0.2) is 48.2 Å². The molecule has 1 aromatic carbocycles. The normalized spacial score (nSPS) is 21.7. The number of alkyl halides is 1. The van der Waals surface area contributed by atoms with E-state index in [1.807, 2.05) is 48.6 Å². The van der Waals surface area contributed by atoms with Gasteiger partial charge in [0.1, 0.15) is 5.76 Å². The smallest absolute Gasteiger partial charge is 0.314 e. The van der Waals surface area contributed by atoms with Gasteiger partial charge < -0.3 is 4.74 Å². The lowest BCUT2D eigenvalue weighted by atomic mass is 10.0. The van der Waals surface area contributed by atoms with Crippen LogP contribution in [0.1, 0.15) is 18.4 Å². The summed E-state index contributed by atoms with van der Waals surface area (Å²) < 4.78 is 5.18. The molecule has 0 saturated carbocycles. The van der Waals surface area contributed by atoms with Gasteiger partial charge in [-0.1, -0.05) is 58.4 Å². The zero-order valence-corrected chi connectivity index (χ0v) is 11.6. The first-order valence-corrected chi connectivity index (χ1v) is 7.10. The van der Waals surface area contributed by atoms with E-state index in [0.717, 1.165) is 23.1 Å². The van der Waals surface area contributed by atoms with Gasteiger partial charge in [0.15, 0.2) is 0 Å². The molecule has 1 fully saturated rings. The monoisotopic (exact) mass is 306 g/mol. The van der Waals surface area contributed by atoms with Gasteiger partial charge in [-0.2, -0.15) is 0 Å². The molecule has 2 nitrogen and oxygen atoms in total. The summed E-state index contributed by atoms with van der Waals surface area (Å²) in [5.74, 6) is 0.644. The number of ether oxygens (including phenoxy) is 1. The molecule has 1 heterocycles. The lowest BCUT2D eigenvalue weighted by molar-refractivity contribution is -0.138. The third-order valence-electron chi connectivity index (χ3n) is 2.85. The molecule has 1 unspecified atom stereocenters. The molecule has 0 spiro atoms. The highest BCUT2D eigenvalue weighted by Gasteiger charge is 2.29. The van der Waals surface area contributed by atoms with Crippen molar-refractivity contribution in [3.05, 3.63) is 53.8 Å². The zero-order valence-electron chi connectivity index (χ0n) is 10.0. The molecule has 1 aromatic rings. The number of cyclic esters (lactones) is 1. The van der Waals surface area contributed by atoms with Gasteiger partial charge in [0.2, 0.25) is 0 Å². The van der Waals surface area contributed by atoms with E-state index in [0.29, 0.717) is 6.42 Å². The summed E-state index contributed by atoms with van der Waals surface area (Å²) in [7, 11) is 0. The Bertz CT molecular complexity index is 463. The Labute approximate surface area is 115 Å². The lowest BCUT2D eigenvalue weighted by Gasteiger charge is -1.98. The highest BCUT2D eigenvalue weighted by atomic mass is 79.9. The van der Waals surface area contributed by atoms with Crippen molar-refractivity contribution in [2.75, 3.05) is 5.33 Å². The fourth-order valence-corrected chi connectivity index (χ4v) is 2.26. The molecule has 0 N–H and O–H groups in total. The molecule has 0 aromatic heterocycles. The molecule has 2 rings (SSSR count). The van der Waals surface area contributed by atoms with Crippen molar-refractivity contribution in [2.24, 2.45) is 5.92 Å². The Balaban J connectivity index is 1.90. The maximum atomic E-state index is 11.6. The molecular weight excluding hydrogens is 292 g/mol. The summed E-state index contributed by atoms with van der Waals surface area (Å²) in [6.45, 7) is 0. The van der Waals surface area contributed by atoms with E-state index in [4.69, 9.17) is 4.74 Å². The molecule has 3 heteroatoms. The molecule has 0 bridgehead atoms. The number of esters is 1. The topological polar surface area (TPSA) is 26.3 Å². The summed E-state index contributed by atoms with van der Waals surface area (Å²) >= 11 is 3.30. The van der Waals surface area contributed by atoms with E-state index < -0.39 is 0 Å². The number of allylic oxidation sites excluding steroid dienone is 3. The van der Waals surface area contributed by atoms with Gasteiger partial charge in [0, 0.05) is 11.8 Å². The van der Waals surface area contributed by atoms with Crippen LogP contribution in [-0.4, -0.2) is 11.3 Å². The van der Waals surface area contributed by atoms with Gasteiger partial charge in [-0.05, 0) is 18.1 Å². The van der Waals surface area contributed by atoms with Crippen LogP contribution in [0.3, 0.4) is 0 Å². The number of carbonyl (C=O) groups is 1. The predicted octanol–water partition coefficient (Wildman–Crippen LogP) is 3.93. The van der Waals surface area contributed by atoms with Crippen LogP contribution in [0.25, 0.3) is 6.08 Å². The minimum atomic E-state index is -0.111. The van der Waals surface area contributed by atoms with Crippen molar-refractivity contribution in [3.8, 4) is 0 Å². The quantitative estimate of drug-likeness (QED) is 0.622. The van der Waals surface area contributed by atoms with Gasteiger partial charge in [-0.25, -0.2) is 0 Å². The Morgan fingerprint density at radius 1 is 1.33 bits per heavy atom. The zero-order chi connectivity index (χ0) is 12.8. The Kier molecular flexibility index (Phi) is 4.76. The van der Waals surface area contributed by atoms with Crippen molar-refractivity contribution < 1.29 is 9.53 Å².